The molecule has 0 spiro atoms. The van der Waals surface area contributed by atoms with Crippen molar-refractivity contribution in [1.82, 2.24) is 0 Å². The first-order chi connectivity index (χ1) is 5.66. The van der Waals surface area contributed by atoms with Crippen molar-refractivity contribution in [3.05, 3.63) is 11.3 Å². The summed E-state index contributed by atoms with van der Waals surface area (Å²) in [5.74, 6) is 0.616. The van der Waals surface area contributed by atoms with Gasteiger partial charge < -0.3 is 16.6 Å². The second kappa shape index (κ2) is 3.92. The van der Waals surface area contributed by atoms with E-state index in [1.54, 1.807) is 0 Å². The molecule has 0 aromatic carbocycles. The minimum absolute atomic E-state index is 0.0853. The third-order valence-electron chi connectivity index (χ3n) is 2.42. The van der Waals surface area contributed by atoms with E-state index in [0.717, 1.165) is 11.3 Å². The summed E-state index contributed by atoms with van der Waals surface area (Å²) < 4.78 is 0. The highest BCUT2D eigenvalue weighted by Gasteiger charge is 2.30. The van der Waals surface area contributed by atoms with Gasteiger partial charge in [0.1, 0.15) is 0 Å². The first-order valence-corrected chi connectivity index (χ1v) is 4.48. The summed E-state index contributed by atoms with van der Waals surface area (Å²) in [5.41, 5.74) is 13.5. The smallest absolute Gasteiger partial charge is 0.0469 e. The lowest BCUT2D eigenvalue weighted by Crippen LogP contribution is -2.27. The van der Waals surface area contributed by atoms with Crippen LogP contribution in [0, 0.1) is 5.92 Å². The summed E-state index contributed by atoms with van der Waals surface area (Å²) in [7, 11) is 0. The van der Waals surface area contributed by atoms with E-state index in [1.165, 1.54) is 12.8 Å². The van der Waals surface area contributed by atoms with Gasteiger partial charge in [0.05, 0.1) is 0 Å². The van der Waals surface area contributed by atoms with E-state index >= 15 is 0 Å². The number of hydrogen-bond donors (Lipinski definition) is 3. The van der Waals surface area contributed by atoms with Crippen molar-refractivity contribution in [3.8, 4) is 0 Å². The number of allylic oxidation sites excluding steroid dienone is 1. The first kappa shape index (κ1) is 9.55. The van der Waals surface area contributed by atoms with Crippen LogP contribution in [-0.4, -0.2) is 17.8 Å². The van der Waals surface area contributed by atoms with Gasteiger partial charge in [0, 0.05) is 18.3 Å². The van der Waals surface area contributed by atoms with Crippen LogP contribution in [0.4, 0.5) is 0 Å². The van der Waals surface area contributed by atoms with Gasteiger partial charge >= 0.3 is 0 Å². The lowest BCUT2D eigenvalue weighted by atomic mass is 9.99. The number of rotatable bonds is 4. The van der Waals surface area contributed by atoms with Crippen LogP contribution in [0.3, 0.4) is 0 Å². The summed E-state index contributed by atoms with van der Waals surface area (Å²) in [6, 6.07) is 0.0853. The Bertz CT molecular complexity index is 181. The number of aliphatic hydroxyl groups is 1. The largest absolute Gasteiger partial charge is 0.402 e. The fourth-order valence-electron chi connectivity index (χ4n) is 1.49. The number of hydrogen-bond acceptors (Lipinski definition) is 3. The topological polar surface area (TPSA) is 72.3 Å². The maximum Gasteiger partial charge on any atom is 0.0469 e. The molecule has 0 aromatic rings. The number of nitrogens with two attached hydrogens (primary N) is 2. The van der Waals surface area contributed by atoms with Crippen molar-refractivity contribution in [3.63, 3.8) is 0 Å². The van der Waals surface area contributed by atoms with Crippen LogP contribution in [0.1, 0.15) is 26.2 Å². The Balaban J connectivity index is 2.58. The van der Waals surface area contributed by atoms with Crippen molar-refractivity contribution in [2.45, 2.75) is 32.2 Å². The third kappa shape index (κ3) is 2.22. The predicted molar refractivity (Wildman–Crippen MR) is 49.3 cm³/mol. The molecule has 0 aromatic heterocycles. The molecule has 0 heterocycles. The molecule has 1 fully saturated rings. The zero-order chi connectivity index (χ0) is 9.14. The normalized spacial score (nSPS) is 21.9. The molecule has 1 rings (SSSR count). The molecule has 0 bridgehead atoms. The molecule has 3 nitrogen and oxygen atoms in total. The van der Waals surface area contributed by atoms with E-state index in [4.69, 9.17) is 16.6 Å². The van der Waals surface area contributed by atoms with Crippen molar-refractivity contribution >= 4 is 0 Å². The van der Waals surface area contributed by atoms with Crippen molar-refractivity contribution < 1.29 is 5.11 Å². The van der Waals surface area contributed by atoms with Gasteiger partial charge in [-0.15, -0.1) is 0 Å². The molecule has 3 heteroatoms. The summed E-state index contributed by atoms with van der Waals surface area (Å²) in [5, 5.41) is 8.79. The maximum absolute atomic E-state index is 8.79. The van der Waals surface area contributed by atoms with Gasteiger partial charge in [0.2, 0.25) is 0 Å². The zero-order valence-electron chi connectivity index (χ0n) is 7.59. The summed E-state index contributed by atoms with van der Waals surface area (Å²) in [6.07, 6.45) is 3.05. The highest BCUT2D eigenvalue weighted by atomic mass is 16.2. The van der Waals surface area contributed by atoms with E-state index < -0.39 is 0 Å². The van der Waals surface area contributed by atoms with E-state index in [-0.39, 0.29) is 12.6 Å². The Morgan fingerprint density at radius 1 is 1.58 bits per heavy atom. The van der Waals surface area contributed by atoms with Crippen molar-refractivity contribution in [2.24, 2.45) is 17.4 Å². The van der Waals surface area contributed by atoms with Gasteiger partial charge in [0.15, 0.2) is 0 Å². The Kier molecular flexibility index (Phi) is 3.12. The minimum Gasteiger partial charge on any atom is -0.402 e. The maximum atomic E-state index is 8.79. The zero-order valence-corrected chi connectivity index (χ0v) is 7.59. The Morgan fingerprint density at radius 3 is 2.50 bits per heavy atom. The third-order valence-corrected chi connectivity index (χ3v) is 2.42. The van der Waals surface area contributed by atoms with Crippen molar-refractivity contribution in [2.75, 3.05) is 6.61 Å². The van der Waals surface area contributed by atoms with Crippen LogP contribution in [0.5, 0.6) is 0 Å². The Hall–Kier alpha value is -0.540. The van der Waals surface area contributed by atoms with E-state index in [0.29, 0.717) is 12.3 Å². The van der Waals surface area contributed by atoms with Gasteiger partial charge in [-0.1, -0.05) is 0 Å². The van der Waals surface area contributed by atoms with Crippen LogP contribution < -0.4 is 11.5 Å². The second-order valence-corrected chi connectivity index (χ2v) is 3.55. The summed E-state index contributed by atoms with van der Waals surface area (Å²) in [6.45, 7) is 2.00. The van der Waals surface area contributed by atoms with E-state index in [2.05, 4.69) is 0 Å². The quantitative estimate of drug-likeness (QED) is 0.569. The molecule has 12 heavy (non-hydrogen) atoms. The highest BCUT2D eigenvalue weighted by Crippen LogP contribution is 2.35. The molecule has 0 radical (unpaired) electrons. The molecule has 1 aliphatic rings. The lowest BCUT2D eigenvalue weighted by Gasteiger charge is -2.16. The van der Waals surface area contributed by atoms with Gasteiger partial charge in [-0.05, 0) is 37.7 Å². The van der Waals surface area contributed by atoms with E-state index in [9.17, 15) is 0 Å². The minimum atomic E-state index is 0.0853. The standard InChI is InChI=1S/C9H18N2O/c1-6(10)8(4-5-12)9(11)7-2-3-7/h7,9,12H,2-5,10-11H2,1H3/b8-6-. The Morgan fingerprint density at radius 2 is 2.17 bits per heavy atom. The molecule has 1 saturated carbocycles. The highest BCUT2D eigenvalue weighted by molar-refractivity contribution is 5.18. The fraction of sp³-hybridized carbons (Fsp3) is 0.778. The average Bonchev–Trinajstić information content (AvgIpc) is 2.80. The van der Waals surface area contributed by atoms with E-state index in [1.807, 2.05) is 6.92 Å². The molecule has 0 amide bonds. The summed E-state index contributed by atoms with van der Waals surface area (Å²) in [4.78, 5) is 0. The van der Waals surface area contributed by atoms with Crippen LogP contribution in [-0.2, 0) is 0 Å². The fourth-order valence-corrected chi connectivity index (χ4v) is 1.49. The molecule has 0 aliphatic heterocycles. The second-order valence-electron chi connectivity index (χ2n) is 3.55. The van der Waals surface area contributed by atoms with Crippen LogP contribution >= 0.6 is 0 Å². The molecular weight excluding hydrogens is 152 g/mol. The van der Waals surface area contributed by atoms with Crippen LogP contribution in [0.25, 0.3) is 0 Å². The predicted octanol–water partition coefficient (Wildman–Crippen LogP) is 0.339. The first-order valence-electron chi connectivity index (χ1n) is 4.48. The molecule has 1 atom stereocenters. The molecule has 5 N–H and O–H groups in total. The van der Waals surface area contributed by atoms with Gasteiger partial charge in [-0.25, -0.2) is 0 Å². The number of aliphatic hydroxyl groups excluding tert-OH is 1. The molecule has 1 unspecified atom stereocenters. The SMILES string of the molecule is C/C(N)=C(\CCO)C(N)C1CC1. The van der Waals surface area contributed by atoms with Crippen LogP contribution in [0.2, 0.25) is 0 Å². The lowest BCUT2D eigenvalue weighted by molar-refractivity contribution is 0.295. The van der Waals surface area contributed by atoms with Gasteiger partial charge in [-0.2, -0.15) is 0 Å². The van der Waals surface area contributed by atoms with Gasteiger partial charge in [0.25, 0.3) is 0 Å². The summed E-state index contributed by atoms with van der Waals surface area (Å²) >= 11 is 0. The van der Waals surface area contributed by atoms with Crippen molar-refractivity contribution in [1.29, 1.82) is 0 Å². The monoisotopic (exact) mass is 170 g/mol. The average molecular weight is 170 g/mol. The molecule has 1 aliphatic carbocycles. The van der Waals surface area contributed by atoms with Gasteiger partial charge in [-0.3, -0.25) is 0 Å². The molecule has 0 saturated heterocycles. The Labute approximate surface area is 73.4 Å². The molecule has 70 valence electrons. The van der Waals surface area contributed by atoms with Crippen LogP contribution in [0.15, 0.2) is 11.3 Å². The molecular formula is C9H18N2O.